The summed E-state index contributed by atoms with van der Waals surface area (Å²) >= 11 is 0. The third-order valence-corrected chi connectivity index (χ3v) is 2.89. The standard InChI is InChI=1S/C12H21N3O7/c13-6-2-1-3-7(15-22)10(18)11(19)14-8(12(20)21)4-5-9(16)17/h7-8,15,22H,1-6,13H2,(H,14,19)(H,16,17)(H,20,21)/t7-,8-/m0/s1. The molecule has 0 saturated carbocycles. The van der Waals surface area contributed by atoms with Crippen molar-refractivity contribution in [2.45, 2.75) is 44.2 Å². The summed E-state index contributed by atoms with van der Waals surface area (Å²) in [4.78, 5) is 44.8. The first-order chi connectivity index (χ1) is 10.3. The molecule has 0 rings (SSSR count). The maximum atomic E-state index is 11.8. The number of hydrogen-bond acceptors (Lipinski definition) is 7. The van der Waals surface area contributed by atoms with Crippen molar-refractivity contribution in [3.63, 3.8) is 0 Å². The first-order valence-electron chi connectivity index (χ1n) is 6.72. The Labute approximate surface area is 126 Å². The van der Waals surface area contributed by atoms with Crippen molar-refractivity contribution in [1.82, 2.24) is 10.8 Å². The highest BCUT2D eigenvalue weighted by Crippen LogP contribution is 2.03. The number of nitrogens with one attached hydrogen (secondary N) is 2. The van der Waals surface area contributed by atoms with Crippen LogP contribution in [0.1, 0.15) is 32.1 Å². The summed E-state index contributed by atoms with van der Waals surface area (Å²) in [5, 5.41) is 28.2. The van der Waals surface area contributed by atoms with Gasteiger partial charge >= 0.3 is 11.9 Å². The fourth-order valence-corrected chi connectivity index (χ4v) is 1.66. The number of carbonyl (C=O) groups excluding carboxylic acids is 2. The second-order valence-electron chi connectivity index (χ2n) is 4.63. The van der Waals surface area contributed by atoms with Gasteiger partial charge in [0.2, 0.25) is 5.78 Å². The van der Waals surface area contributed by atoms with Crippen molar-refractivity contribution in [3.05, 3.63) is 0 Å². The average Bonchev–Trinajstić information content (AvgIpc) is 2.46. The van der Waals surface area contributed by atoms with Crippen LogP contribution in [0.4, 0.5) is 0 Å². The van der Waals surface area contributed by atoms with E-state index in [0.717, 1.165) is 0 Å². The molecule has 0 aliphatic carbocycles. The minimum atomic E-state index is -1.49. The molecule has 0 aliphatic rings. The van der Waals surface area contributed by atoms with E-state index < -0.39 is 42.1 Å². The Morgan fingerprint density at radius 1 is 1.00 bits per heavy atom. The number of aliphatic carboxylic acids is 2. The lowest BCUT2D eigenvalue weighted by Gasteiger charge is -2.16. The monoisotopic (exact) mass is 319 g/mol. The molecule has 0 unspecified atom stereocenters. The molecule has 0 aromatic carbocycles. The molecule has 2 atom stereocenters. The molecule has 10 heteroatoms. The lowest BCUT2D eigenvalue weighted by Crippen LogP contribution is -2.49. The molecule has 0 aromatic heterocycles. The summed E-state index contributed by atoms with van der Waals surface area (Å²) in [5.41, 5.74) is 6.99. The number of nitrogens with two attached hydrogens (primary N) is 1. The van der Waals surface area contributed by atoms with Gasteiger partial charge in [-0.15, -0.1) is 0 Å². The second kappa shape index (κ2) is 10.7. The number of carboxylic acids is 2. The third kappa shape index (κ3) is 7.67. The van der Waals surface area contributed by atoms with Gasteiger partial charge in [0, 0.05) is 6.42 Å². The molecule has 0 aliphatic heterocycles. The molecule has 0 spiro atoms. The number of unbranched alkanes of at least 4 members (excludes halogenated alkanes) is 1. The number of ketones is 1. The fraction of sp³-hybridized carbons (Fsp3) is 0.667. The summed E-state index contributed by atoms with van der Waals surface area (Å²) in [5.74, 6) is -4.89. The van der Waals surface area contributed by atoms with Gasteiger partial charge in [-0.25, -0.2) is 4.79 Å². The largest absolute Gasteiger partial charge is 0.481 e. The highest BCUT2D eigenvalue weighted by molar-refractivity contribution is 6.38. The van der Waals surface area contributed by atoms with Crippen molar-refractivity contribution < 1.29 is 34.6 Å². The zero-order valence-corrected chi connectivity index (χ0v) is 11.9. The van der Waals surface area contributed by atoms with Crippen LogP contribution in [0, 0.1) is 0 Å². The third-order valence-electron chi connectivity index (χ3n) is 2.89. The van der Waals surface area contributed by atoms with Gasteiger partial charge < -0.3 is 26.5 Å². The number of hydrogen-bond donors (Lipinski definition) is 6. The molecule has 0 saturated heterocycles. The summed E-state index contributed by atoms with van der Waals surface area (Å²) in [6, 6.07) is -2.66. The second-order valence-corrected chi connectivity index (χ2v) is 4.63. The van der Waals surface area contributed by atoms with Gasteiger partial charge in [0.05, 0.1) is 0 Å². The molecule has 0 bridgehead atoms. The summed E-state index contributed by atoms with van der Waals surface area (Å²) in [7, 11) is 0. The molecule has 126 valence electrons. The molecule has 0 aromatic rings. The molecule has 22 heavy (non-hydrogen) atoms. The average molecular weight is 319 g/mol. The van der Waals surface area contributed by atoms with E-state index in [-0.39, 0.29) is 12.8 Å². The van der Waals surface area contributed by atoms with E-state index in [0.29, 0.717) is 19.4 Å². The number of rotatable bonds is 12. The lowest BCUT2D eigenvalue weighted by atomic mass is 10.0. The molecule has 0 radical (unpaired) electrons. The van der Waals surface area contributed by atoms with E-state index in [1.165, 1.54) is 0 Å². The Bertz CT molecular complexity index is 414. The molecule has 0 heterocycles. The normalized spacial score (nSPS) is 13.2. The molecule has 7 N–H and O–H groups in total. The van der Waals surface area contributed by atoms with Gasteiger partial charge in [-0.2, -0.15) is 5.48 Å². The van der Waals surface area contributed by atoms with Gasteiger partial charge in [0.25, 0.3) is 5.91 Å². The van der Waals surface area contributed by atoms with E-state index >= 15 is 0 Å². The van der Waals surface area contributed by atoms with Crippen molar-refractivity contribution in [1.29, 1.82) is 0 Å². The Kier molecular flexibility index (Phi) is 9.67. The smallest absolute Gasteiger partial charge is 0.326 e. The first kappa shape index (κ1) is 20.0. The van der Waals surface area contributed by atoms with E-state index in [4.69, 9.17) is 21.2 Å². The minimum absolute atomic E-state index is 0.160. The predicted octanol–water partition coefficient (Wildman–Crippen LogP) is -1.53. The molecular weight excluding hydrogens is 298 g/mol. The highest BCUT2D eigenvalue weighted by atomic mass is 16.5. The molecule has 10 nitrogen and oxygen atoms in total. The highest BCUT2D eigenvalue weighted by Gasteiger charge is 2.28. The zero-order chi connectivity index (χ0) is 17.1. The lowest BCUT2D eigenvalue weighted by molar-refractivity contribution is -0.146. The van der Waals surface area contributed by atoms with Gasteiger partial charge in [-0.1, -0.05) is 6.42 Å². The summed E-state index contributed by atoms with van der Waals surface area (Å²) < 4.78 is 0. The van der Waals surface area contributed by atoms with E-state index in [1.54, 1.807) is 5.48 Å². The minimum Gasteiger partial charge on any atom is -0.481 e. The molecule has 0 fully saturated rings. The van der Waals surface area contributed by atoms with Gasteiger partial charge in [0.1, 0.15) is 12.1 Å². The number of hydroxylamine groups is 1. The fourth-order valence-electron chi connectivity index (χ4n) is 1.66. The number of amides is 1. The van der Waals surface area contributed by atoms with Gasteiger partial charge in [-0.05, 0) is 25.8 Å². The Hall–Kier alpha value is -2.04. The van der Waals surface area contributed by atoms with Crippen LogP contribution in [0.25, 0.3) is 0 Å². The van der Waals surface area contributed by atoms with Gasteiger partial charge in [-0.3, -0.25) is 14.4 Å². The first-order valence-corrected chi connectivity index (χ1v) is 6.72. The quantitative estimate of drug-likeness (QED) is 0.141. The maximum absolute atomic E-state index is 11.8. The van der Waals surface area contributed by atoms with Crippen molar-refractivity contribution >= 4 is 23.6 Å². The summed E-state index contributed by atoms with van der Waals surface area (Å²) in [6.45, 7) is 0.398. The van der Waals surface area contributed by atoms with Crippen LogP contribution in [-0.4, -0.2) is 57.7 Å². The topological polar surface area (TPSA) is 179 Å². The van der Waals surface area contributed by atoms with Crippen LogP contribution in [0.5, 0.6) is 0 Å². The summed E-state index contributed by atoms with van der Waals surface area (Å²) in [6.07, 6.45) is 0.434. The van der Waals surface area contributed by atoms with Crippen LogP contribution >= 0.6 is 0 Å². The van der Waals surface area contributed by atoms with Crippen LogP contribution < -0.4 is 16.5 Å². The number of carboxylic acid groups (broad SMARTS) is 2. The predicted molar refractivity (Wildman–Crippen MR) is 73.1 cm³/mol. The van der Waals surface area contributed by atoms with Crippen LogP contribution in [0.15, 0.2) is 0 Å². The number of carbonyl (C=O) groups is 4. The zero-order valence-electron chi connectivity index (χ0n) is 11.9. The Morgan fingerprint density at radius 2 is 1.64 bits per heavy atom. The SMILES string of the molecule is NCCCC[C@H](NO)C(=O)C(=O)N[C@@H](CCC(=O)O)C(=O)O. The van der Waals surface area contributed by atoms with Crippen molar-refractivity contribution in [3.8, 4) is 0 Å². The van der Waals surface area contributed by atoms with E-state index in [2.05, 4.69) is 0 Å². The maximum Gasteiger partial charge on any atom is 0.326 e. The van der Waals surface area contributed by atoms with Crippen LogP contribution in [-0.2, 0) is 19.2 Å². The molecular formula is C12H21N3O7. The van der Waals surface area contributed by atoms with Gasteiger partial charge in [0.15, 0.2) is 0 Å². The van der Waals surface area contributed by atoms with E-state index in [9.17, 15) is 19.2 Å². The van der Waals surface area contributed by atoms with Crippen molar-refractivity contribution in [2.24, 2.45) is 5.73 Å². The molecule has 1 amide bonds. The van der Waals surface area contributed by atoms with Crippen LogP contribution in [0.3, 0.4) is 0 Å². The van der Waals surface area contributed by atoms with Crippen LogP contribution in [0.2, 0.25) is 0 Å². The Balaban J connectivity index is 4.58. The van der Waals surface area contributed by atoms with Crippen molar-refractivity contribution in [2.75, 3.05) is 6.54 Å². The number of Topliss-reactive ketones (excluding diaryl/α,β-unsaturated/α-hetero) is 1. The Morgan fingerprint density at radius 3 is 2.09 bits per heavy atom. The van der Waals surface area contributed by atoms with E-state index in [1.807, 2.05) is 5.32 Å².